The Hall–Kier alpha value is -4.91. The van der Waals surface area contributed by atoms with Gasteiger partial charge in [0.2, 0.25) is 5.91 Å². The SMILES string of the molecule is CC.CCOC(=O)C1=C(C)N(c2cccc(C(F)(F)F)c2)C(=O)C(C(=O)Oc2ccccc2)C1c1ccc(C#N)cc1. The molecule has 1 aliphatic rings. The van der Waals surface area contributed by atoms with Gasteiger partial charge in [-0.3, -0.25) is 14.5 Å². The monoisotopic (exact) mass is 578 g/mol. The molecule has 7 nitrogen and oxygen atoms in total. The third kappa shape index (κ3) is 6.69. The second-order valence-electron chi connectivity index (χ2n) is 8.86. The molecule has 3 aromatic carbocycles. The molecule has 10 heteroatoms. The summed E-state index contributed by atoms with van der Waals surface area (Å²) in [7, 11) is 0. The van der Waals surface area contributed by atoms with Crippen LogP contribution in [0.2, 0.25) is 0 Å². The molecule has 2 unspecified atom stereocenters. The summed E-state index contributed by atoms with van der Waals surface area (Å²) in [6.45, 7) is 6.94. The minimum Gasteiger partial charge on any atom is -0.463 e. The van der Waals surface area contributed by atoms with E-state index in [1.807, 2.05) is 19.9 Å². The van der Waals surface area contributed by atoms with E-state index >= 15 is 0 Å². The van der Waals surface area contributed by atoms with Crippen molar-refractivity contribution in [3.8, 4) is 11.8 Å². The molecule has 0 saturated heterocycles. The molecule has 4 rings (SSSR count). The standard InChI is InChI=1S/C30H23F3N2O5.C2H6/c1-3-39-28(37)24-18(2)35(22-9-7-8-21(16-22)30(31,32)33)27(36)26(29(38)40-23-10-5-4-6-11-23)25(24)20-14-12-19(17-34)13-15-20;1-2/h4-16,25-26H,3H2,1-2H3;1-2H3. The lowest BCUT2D eigenvalue weighted by Gasteiger charge is -2.38. The van der Waals surface area contributed by atoms with E-state index in [1.54, 1.807) is 25.1 Å². The zero-order chi connectivity index (χ0) is 31.0. The number of para-hydroxylation sites is 1. The zero-order valence-electron chi connectivity index (χ0n) is 23.4. The van der Waals surface area contributed by atoms with Gasteiger partial charge in [0.05, 0.1) is 29.4 Å². The van der Waals surface area contributed by atoms with Gasteiger partial charge in [0.15, 0.2) is 0 Å². The first-order valence-corrected chi connectivity index (χ1v) is 13.2. The van der Waals surface area contributed by atoms with Crippen LogP contribution in [0.15, 0.2) is 90.1 Å². The van der Waals surface area contributed by atoms with Crippen molar-refractivity contribution in [2.45, 2.75) is 39.8 Å². The molecule has 2 atom stereocenters. The Bertz CT molecular complexity index is 1510. The Balaban J connectivity index is 0.00000237. The summed E-state index contributed by atoms with van der Waals surface area (Å²) in [5, 5.41) is 9.23. The van der Waals surface area contributed by atoms with Gasteiger partial charge < -0.3 is 9.47 Å². The lowest BCUT2D eigenvalue weighted by Crippen LogP contribution is -2.49. The number of rotatable bonds is 6. The number of benzene rings is 3. The van der Waals surface area contributed by atoms with E-state index in [0.29, 0.717) is 11.1 Å². The summed E-state index contributed by atoms with van der Waals surface area (Å²) in [5.74, 6) is -5.51. The summed E-state index contributed by atoms with van der Waals surface area (Å²) < 4.78 is 51.4. The van der Waals surface area contributed by atoms with E-state index in [9.17, 15) is 32.8 Å². The Morgan fingerprint density at radius 2 is 1.62 bits per heavy atom. The predicted molar refractivity (Wildman–Crippen MR) is 149 cm³/mol. The number of hydrogen-bond donors (Lipinski definition) is 0. The molecule has 0 N–H and O–H groups in total. The maximum Gasteiger partial charge on any atom is 0.416 e. The number of carbonyl (C=O) groups excluding carboxylic acids is 3. The summed E-state index contributed by atoms with van der Waals surface area (Å²) in [6.07, 6.45) is -4.70. The van der Waals surface area contributed by atoms with Crippen LogP contribution in [0.25, 0.3) is 0 Å². The second-order valence-corrected chi connectivity index (χ2v) is 8.86. The molecule has 0 aromatic heterocycles. The molecule has 218 valence electrons. The first-order valence-electron chi connectivity index (χ1n) is 13.2. The van der Waals surface area contributed by atoms with Gasteiger partial charge in [0, 0.05) is 17.3 Å². The average Bonchev–Trinajstić information content (AvgIpc) is 2.98. The lowest BCUT2D eigenvalue weighted by atomic mass is 9.75. The summed E-state index contributed by atoms with van der Waals surface area (Å²) in [6, 6.07) is 19.9. The highest BCUT2D eigenvalue weighted by atomic mass is 19.4. The molecule has 0 fully saturated rings. The molecule has 3 aromatic rings. The number of amides is 1. The number of nitrogens with zero attached hydrogens (tertiary/aromatic N) is 2. The third-order valence-electron chi connectivity index (χ3n) is 6.40. The number of halogens is 3. The Labute approximate surface area is 241 Å². The van der Waals surface area contributed by atoms with Gasteiger partial charge in [0.25, 0.3) is 0 Å². The number of alkyl halides is 3. The topological polar surface area (TPSA) is 96.7 Å². The molecule has 0 saturated carbocycles. The highest BCUT2D eigenvalue weighted by Crippen LogP contribution is 2.44. The Kier molecular flexibility index (Phi) is 10.3. The van der Waals surface area contributed by atoms with Crippen LogP contribution in [0.5, 0.6) is 5.75 Å². The number of esters is 2. The summed E-state index contributed by atoms with van der Waals surface area (Å²) in [5.41, 5.74) is -0.651. The van der Waals surface area contributed by atoms with Crippen molar-refractivity contribution in [3.63, 3.8) is 0 Å². The first-order chi connectivity index (χ1) is 20.1. The quantitative estimate of drug-likeness (QED) is 0.182. The molecule has 0 bridgehead atoms. The van der Waals surface area contributed by atoms with Gasteiger partial charge in [-0.2, -0.15) is 18.4 Å². The number of allylic oxidation sites excluding steroid dienone is 1. The lowest BCUT2D eigenvalue weighted by molar-refractivity contribution is -0.146. The van der Waals surface area contributed by atoms with E-state index < -0.39 is 41.4 Å². The van der Waals surface area contributed by atoms with Gasteiger partial charge >= 0.3 is 18.1 Å². The fraction of sp³-hybridized carbons (Fsp3) is 0.250. The number of hydrogen-bond acceptors (Lipinski definition) is 6. The minimum atomic E-state index is -4.70. The molecule has 0 aliphatic carbocycles. The molecule has 0 spiro atoms. The van der Waals surface area contributed by atoms with Gasteiger partial charge in [-0.15, -0.1) is 0 Å². The molecule has 42 heavy (non-hydrogen) atoms. The fourth-order valence-electron chi connectivity index (χ4n) is 4.61. The van der Waals surface area contributed by atoms with E-state index in [4.69, 9.17) is 9.47 Å². The van der Waals surface area contributed by atoms with Crippen molar-refractivity contribution in [1.29, 1.82) is 5.26 Å². The molecule has 1 heterocycles. The van der Waals surface area contributed by atoms with Crippen LogP contribution in [0, 0.1) is 17.2 Å². The highest BCUT2D eigenvalue weighted by molar-refractivity contribution is 6.13. The summed E-state index contributed by atoms with van der Waals surface area (Å²) in [4.78, 5) is 42.0. The maximum atomic E-state index is 14.1. The second kappa shape index (κ2) is 13.6. The van der Waals surface area contributed by atoms with E-state index in [2.05, 4.69) is 0 Å². The molecule has 0 radical (unpaired) electrons. The van der Waals surface area contributed by atoms with Crippen LogP contribution >= 0.6 is 0 Å². The van der Waals surface area contributed by atoms with Crippen molar-refractivity contribution < 1.29 is 37.0 Å². The highest BCUT2D eigenvalue weighted by Gasteiger charge is 2.50. The Morgan fingerprint density at radius 3 is 2.19 bits per heavy atom. The fourth-order valence-corrected chi connectivity index (χ4v) is 4.61. The van der Waals surface area contributed by atoms with Crippen molar-refractivity contribution in [3.05, 3.63) is 107 Å². The normalized spacial score (nSPS) is 16.6. The van der Waals surface area contributed by atoms with Gasteiger partial charge in [-0.25, -0.2) is 4.79 Å². The van der Waals surface area contributed by atoms with Gasteiger partial charge in [0.1, 0.15) is 11.7 Å². The van der Waals surface area contributed by atoms with E-state index in [-0.39, 0.29) is 29.3 Å². The number of nitriles is 1. The van der Waals surface area contributed by atoms with Crippen LogP contribution in [0.4, 0.5) is 18.9 Å². The Morgan fingerprint density at radius 1 is 0.976 bits per heavy atom. The molecular formula is C32H29F3N2O5. The van der Waals surface area contributed by atoms with Crippen molar-refractivity contribution in [2.75, 3.05) is 11.5 Å². The first kappa shape index (κ1) is 31.6. The van der Waals surface area contributed by atoms with Crippen LogP contribution in [-0.2, 0) is 25.3 Å². The number of anilines is 1. The van der Waals surface area contributed by atoms with Crippen LogP contribution < -0.4 is 9.64 Å². The van der Waals surface area contributed by atoms with Crippen LogP contribution in [0.3, 0.4) is 0 Å². The van der Waals surface area contributed by atoms with Crippen LogP contribution in [0.1, 0.15) is 50.3 Å². The predicted octanol–water partition coefficient (Wildman–Crippen LogP) is 6.79. The maximum absolute atomic E-state index is 14.1. The number of carbonyl (C=O) groups is 3. The van der Waals surface area contributed by atoms with Gasteiger partial charge in [-0.1, -0.05) is 50.2 Å². The third-order valence-corrected chi connectivity index (χ3v) is 6.40. The zero-order valence-corrected chi connectivity index (χ0v) is 23.4. The molecular weight excluding hydrogens is 549 g/mol. The van der Waals surface area contributed by atoms with Crippen LogP contribution in [-0.4, -0.2) is 24.5 Å². The average molecular weight is 579 g/mol. The largest absolute Gasteiger partial charge is 0.463 e. The van der Waals surface area contributed by atoms with Crippen molar-refractivity contribution in [1.82, 2.24) is 0 Å². The van der Waals surface area contributed by atoms with Gasteiger partial charge in [-0.05, 0) is 61.9 Å². The molecule has 1 aliphatic heterocycles. The molecule has 1 amide bonds. The van der Waals surface area contributed by atoms with E-state index in [0.717, 1.165) is 23.1 Å². The minimum absolute atomic E-state index is 0.000829. The van der Waals surface area contributed by atoms with E-state index in [1.165, 1.54) is 49.4 Å². The van der Waals surface area contributed by atoms with Crippen molar-refractivity contribution in [2.24, 2.45) is 5.92 Å². The summed E-state index contributed by atoms with van der Waals surface area (Å²) >= 11 is 0. The number of ether oxygens (including phenoxy) is 2. The van der Waals surface area contributed by atoms with Crippen molar-refractivity contribution >= 4 is 23.5 Å². The smallest absolute Gasteiger partial charge is 0.416 e.